The predicted octanol–water partition coefficient (Wildman–Crippen LogP) is 0.246. The van der Waals surface area contributed by atoms with Crippen LogP contribution in [-0.4, -0.2) is 58.8 Å². The summed E-state index contributed by atoms with van der Waals surface area (Å²) in [6.07, 6.45) is 1.73. The van der Waals surface area contributed by atoms with Crippen molar-refractivity contribution in [2.24, 2.45) is 0 Å². The molecule has 0 rings (SSSR count). The molecule has 0 aromatic heterocycles. The van der Waals surface area contributed by atoms with E-state index in [0.717, 1.165) is 19.5 Å². The van der Waals surface area contributed by atoms with Crippen LogP contribution >= 0.6 is 0 Å². The Balaban J connectivity index is 3.73. The van der Waals surface area contributed by atoms with E-state index in [1.54, 1.807) is 0 Å². The molecule has 2 N–H and O–H groups in total. The standard InChI is InChI=1S/C11H27N3O2S/c1-5-7-12-8-6-9-17(15,16)13-10-11(2)14(3)4/h11-13H,5-10H2,1-4H3. The Hall–Kier alpha value is -0.170. The molecule has 104 valence electrons. The van der Waals surface area contributed by atoms with Crippen molar-refractivity contribution in [3.63, 3.8) is 0 Å². The summed E-state index contributed by atoms with van der Waals surface area (Å²) < 4.78 is 25.9. The highest BCUT2D eigenvalue weighted by atomic mass is 32.2. The second-order valence-electron chi connectivity index (χ2n) is 4.58. The first-order valence-corrected chi connectivity index (χ1v) is 7.88. The van der Waals surface area contributed by atoms with E-state index in [-0.39, 0.29) is 11.8 Å². The summed E-state index contributed by atoms with van der Waals surface area (Å²) in [4.78, 5) is 1.99. The van der Waals surface area contributed by atoms with Crippen molar-refractivity contribution >= 4 is 10.0 Å². The van der Waals surface area contributed by atoms with E-state index in [1.165, 1.54) is 0 Å². The molecular weight excluding hydrogens is 238 g/mol. The number of nitrogens with zero attached hydrogens (tertiary/aromatic N) is 1. The van der Waals surface area contributed by atoms with Crippen molar-refractivity contribution in [2.75, 3.05) is 39.5 Å². The first kappa shape index (κ1) is 16.8. The average molecular weight is 265 g/mol. The Morgan fingerprint density at radius 2 is 1.88 bits per heavy atom. The fourth-order valence-electron chi connectivity index (χ4n) is 1.19. The van der Waals surface area contributed by atoms with Gasteiger partial charge in [-0.1, -0.05) is 6.92 Å². The average Bonchev–Trinajstić information content (AvgIpc) is 2.25. The van der Waals surface area contributed by atoms with Crippen LogP contribution in [0.4, 0.5) is 0 Å². The van der Waals surface area contributed by atoms with Crippen molar-refractivity contribution in [1.82, 2.24) is 14.9 Å². The zero-order valence-electron chi connectivity index (χ0n) is 11.5. The molecule has 0 fully saturated rings. The quantitative estimate of drug-likeness (QED) is 0.556. The van der Waals surface area contributed by atoms with E-state index in [4.69, 9.17) is 0 Å². The van der Waals surface area contributed by atoms with Gasteiger partial charge in [0.15, 0.2) is 0 Å². The lowest BCUT2D eigenvalue weighted by Crippen LogP contribution is -2.39. The minimum Gasteiger partial charge on any atom is -0.317 e. The van der Waals surface area contributed by atoms with E-state index >= 15 is 0 Å². The number of rotatable bonds is 10. The summed E-state index contributed by atoms with van der Waals surface area (Å²) in [6.45, 7) is 6.26. The fourth-order valence-corrected chi connectivity index (χ4v) is 2.36. The third-order valence-electron chi connectivity index (χ3n) is 2.67. The molecule has 0 saturated heterocycles. The molecule has 0 aliphatic heterocycles. The molecule has 0 bridgehead atoms. The Kier molecular flexibility index (Phi) is 8.77. The molecule has 0 aliphatic rings. The lowest BCUT2D eigenvalue weighted by atomic mass is 10.3. The maximum absolute atomic E-state index is 11.6. The maximum atomic E-state index is 11.6. The van der Waals surface area contributed by atoms with Crippen LogP contribution in [0.1, 0.15) is 26.7 Å². The summed E-state index contributed by atoms with van der Waals surface area (Å²) in [5.74, 6) is 0.198. The van der Waals surface area contributed by atoms with E-state index in [2.05, 4.69) is 17.0 Å². The normalized spacial score (nSPS) is 14.2. The second kappa shape index (κ2) is 8.85. The minimum atomic E-state index is -3.11. The van der Waals surface area contributed by atoms with Gasteiger partial charge in [0.1, 0.15) is 0 Å². The van der Waals surface area contributed by atoms with Gasteiger partial charge in [0, 0.05) is 12.6 Å². The molecule has 0 aliphatic carbocycles. The molecule has 5 nitrogen and oxygen atoms in total. The largest absolute Gasteiger partial charge is 0.317 e. The molecule has 0 radical (unpaired) electrons. The number of likely N-dealkylation sites (N-methyl/N-ethyl adjacent to an activating group) is 1. The lowest BCUT2D eigenvalue weighted by molar-refractivity contribution is 0.314. The molecule has 0 aromatic rings. The van der Waals surface area contributed by atoms with Crippen LogP contribution in [0, 0.1) is 0 Å². The smallest absolute Gasteiger partial charge is 0.211 e. The van der Waals surface area contributed by atoms with Gasteiger partial charge >= 0.3 is 0 Å². The highest BCUT2D eigenvalue weighted by molar-refractivity contribution is 7.89. The monoisotopic (exact) mass is 265 g/mol. The van der Waals surface area contributed by atoms with Crippen LogP contribution in [0.25, 0.3) is 0 Å². The van der Waals surface area contributed by atoms with Gasteiger partial charge in [0.25, 0.3) is 0 Å². The van der Waals surface area contributed by atoms with E-state index in [1.807, 2.05) is 25.9 Å². The third kappa shape index (κ3) is 9.52. The zero-order valence-corrected chi connectivity index (χ0v) is 12.3. The van der Waals surface area contributed by atoms with Crippen molar-refractivity contribution in [3.05, 3.63) is 0 Å². The summed E-state index contributed by atoms with van der Waals surface area (Å²) in [6, 6.07) is 0.211. The Morgan fingerprint density at radius 1 is 1.24 bits per heavy atom. The van der Waals surface area contributed by atoms with E-state index in [9.17, 15) is 8.42 Å². The summed E-state index contributed by atoms with van der Waals surface area (Å²) >= 11 is 0. The summed E-state index contributed by atoms with van der Waals surface area (Å²) in [7, 11) is 0.762. The van der Waals surface area contributed by atoms with Gasteiger partial charge in [-0.15, -0.1) is 0 Å². The number of sulfonamides is 1. The van der Waals surface area contributed by atoms with Crippen molar-refractivity contribution in [1.29, 1.82) is 0 Å². The van der Waals surface area contributed by atoms with Crippen LogP contribution in [-0.2, 0) is 10.0 Å². The van der Waals surface area contributed by atoms with E-state index < -0.39 is 10.0 Å². The lowest BCUT2D eigenvalue weighted by Gasteiger charge is -2.19. The number of nitrogens with one attached hydrogen (secondary N) is 2. The molecular formula is C11H27N3O2S. The maximum Gasteiger partial charge on any atom is 0.211 e. The first-order valence-electron chi connectivity index (χ1n) is 6.23. The molecule has 0 amide bonds. The number of hydrogen-bond acceptors (Lipinski definition) is 4. The summed E-state index contributed by atoms with van der Waals surface area (Å²) in [5.41, 5.74) is 0. The Bertz CT molecular complexity index is 278. The van der Waals surface area contributed by atoms with E-state index in [0.29, 0.717) is 13.0 Å². The van der Waals surface area contributed by atoms with Crippen molar-refractivity contribution in [2.45, 2.75) is 32.7 Å². The van der Waals surface area contributed by atoms with Gasteiger partial charge in [0.05, 0.1) is 5.75 Å². The predicted molar refractivity (Wildman–Crippen MR) is 72.7 cm³/mol. The van der Waals surface area contributed by atoms with Gasteiger partial charge in [-0.25, -0.2) is 13.1 Å². The van der Waals surface area contributed by atoms with Crippen LogP contribution in [0.3, 0.4) is 0 Å². The summed E-state index contributed by atoms with van der Waals surface area (Å²) in [5, 5.41) is 3.19. The van der Waals surface area contributed by atoms with Crippen LogP contribution < -0.4 is 10.0 Å². The van der Waals surface area contributed by atoms with Gasteiger partial charge in [0.2, 0.25) is 10.0 Å². The van der Waals surface area contributed by atoms with Crippen molar-refractivity contribution < 1.29 is 8.42 Å². The highest BCUT2D eigenvalue weighted by Gasteiger charge is 2.12. The number of hydrogen-bond donors (Lipinski definition) is 2. The molecule has 6 heteroatoms. The van der Waals surface area contributed by atoms with Crippen LogP contribution in [0.5, 0.6) is 0 Å². The van der Waals surface area contributed by atoms with Gasteiger partial charge < -0.3 is 10.2 Å². The SMILES string of the molecule is CCCNCCCS(=O)(=O)NCC(C)N(C)C. The fraction of sp³-hybridized carbons (Fsp3) is 1.00. The zero-order chi connectivity index (χ0) is 13.3. The van der Waals surface area contributed by atoms with Crippen molar-refractivity contribution in [3.8, 4) is 0 Å². The first-order chi connectivity index (χ1) is 7.89. The molecule has 0 spiro atoms. The molecule has 1 unspecified atom stereocenters. The van der Waals surface area contributed by atoms with Crippen LogP contribution in [0.15, 0.2) is 0 Å². The Morgan fingerprint density at radius 3 is 2.41 bits per heavy atom. The molecule has 17 heavy (non-hydrogen) atoms. The molecule has 0 aromatic carbocycles. The molecule has 0 heterocycles. The minimum absolute atomic E-state index is 0.198. The second-order valence-corrected chi connectivity index (χ2v) is 6.51. The van der Waals surface area contributed by atoms with Gasteiger partial charge in [-0.05, 0) is 47.0 Å². The van der Waals surface area contributed by atoms with Gasteiger partial charge in [-0.3, -0.25) is 0 Å². The third-order valence-corrected chi connectivity index (χ3v) is 4.11. The Labute approximate surface area is 106 Å². The van der Waals surface area contributed by atoms with Gasteiger partial charge in [-0.2, -0.15) is 0 Å². The molecule has 0 saturated carbocycles. The highest BCUT2D eigenvalue weighted by Crippen LogP contribution is 1.93. The molecule has 1 atom stereocenters. The van der Waals surface area contributed by atoms with Crippen LogP contribution in [0.2, 0.25) is 0 Å². The topological polar surface area (TPSA) is 61.4 Å².